The Morgan fingerprint density at radius 1 is 1.19 bits per heavy atom. The minimum absolute atomic E-state index is 0.292. The molecule has 0 atom stereocenters. The molecule has 1 fully saturated rings. The SMILES string of the molecule is Cc1nnc(N2CCC(CO)CC2)nc1C. The number of hydrogen-bond donors (Lipinski definition) is 1. The normalized spacial score (nSPS) is 17.8. The van der Waals surface area contributed by atoms with Crippen LogP contribution in [0.3, 0.4) is 0 Å². The number of piperidine rings is 1. The summed E-state index contributed by atoms with van der Waals surface area (Å²) in [6.45, 7) is 5.98. The van der Waals surface area contributed by atoms with Gasteiger partial charge in [-0.15, -0.1) is 5.10 Å². The fraction of sp³-hybridized carbons (Fsp3) is 0.727. The molecule has 0 unspecified atom stereocenters. The maximum absolute atomic E-state index is 9.07. The van der Waals surface area contributed by atoms with E-state index in [1.54, 1.807) is 0 Å². The number of anilines is 1. The van der Waals surface area contributed by atoms with Crippen LogP contribution in [0.1, 0.15) is 24.2 Å². The standard InChI is InChI=1S/C11H18N4O/c1-8-9(2)13-14-11(12-8)15-5-3-10(7-16)4-6-15/h10,16H,3-7H2,1-2H3. The lowest BCUT2D eigenvalue weighted by atomic mass is 9.98. The highest BCUT2D eigenvalue weighted by atomic mass is 16.3. The first-order valence-corrected chi connectivity index (χ1v) is 5.74. The van der Waals surface area contributed by atoms with Gasteiger partial charge in [0, 0.05) is 19.7 Å². The summed E-state index contributed by atoms with van der Waals surface area (Å²) in [6, 6.07) is 0. The largest absolute Gasteiger partial charge is 0.396 e. The second kappa shape index (κ2) is 4.74. The number of aromatic nitrogens is 3. The zero-order valence-corrected chi connectivity index (χ0v) is 9.85. The van der Waals surface area contributed by atoms with Gasteiger partial charge in [0.1, 0.15) is 0 Å². The van der Waals surface area contributed by atoms with Gasteiger partial charge in [0.15, 0.2) is 0 Å². The van der Waals surface area contributed by atoms with E-state index in [0.717, 1.165) is 43.3 Å². The number of rotatable bonds is 2. The zero-order valence-electron chi connectivity index (χ0n) is 9.85. The van der Waals surface area contributed by atoms with E-state index in [2.05, 4.69) is 20.1 Å². The maximum atomic E-state index is 9.07. The Labute approximate surface area is 95.5 Å². The van der Waals surface area contributed by atoms with Crippen LogP contribution in [0.25, 0.3) is 0 Å². The van der Waals surface area contributed by atoms with Crippen LogP contribution < -0.4 is 4.90 Å². The van der Waals surface area contributed by atoms with E-state index in [4.69, 9.17) is 5.11 Å². The van der Waals surface area contributed by atoms with Crippen molar-refractivity contribution in [2.75, 3.05) is 24.6 Å². The van der Waals surface area contributed by atoms with Gasteiger partial charge in [0.05, 0.1) is 11.4 Å². The third-order valence-corrected chi connectivity index (χ3v) is 3.24. The summed E-state index contributed by atoms with van der Waals surface area (Å²) in [7, 11) is 0. The van der Waals surface area contributed by atoms with Crippen LogP contribution in [0.4, 0.5) is 5.95 Å². The Morgan fingerprint density at radius 3 is 2.44 bits per heavy atom. The molecular formula is C11H18N4O. The summed E-state index contributed by atoms with van der Waals surface area (Å²) in [4.78, 5) is 6.58. The summed E-state index contributed by atoms with van der Waals surface area (Å²) in [5.41, 5.74) is 1.82. The molecule has 1 aliphatic rings. The van der Waals surface area contributed by atoms with E-state index in [9.17, 15) is 0 Å². The summed E-state index contributed by atoms with van der Waals surface area (Å²) in [6.07, 6.45) is 2.01. The first kappa shape index (κ1) is 11.3. The van der Waals surface area contributed by atoms with Crippen molar-refractivity contribution < 1.29 is 5.11 Å². The average Bonchev–Trinajstić information content (AvgIpc) is 2.33. The van der Waals surface area contributed by atoms with Crippen molar-refractivity contribution in [2.24, 2.45) is 5.92 Å². The van der Waals surface area contributed by atoms with Crippen molar-refractivity contribution in [1.29, 1.82) is 0 Å². The van der Waals surface area contributed by atoms with Crippen LogP contribution >= 0.6 is 0 Å². The second-order valence-corrected chi connectivity index (χ2v) is 4.40. The molecule has 0 bridgehead atoms. The van der Waals surface area contributed by atoms with Crippen molar-refractivity contribution in [3.8, 4) is 0 Å². The fourth-order valence-electron chi connectivity index (χ4n) is 1.89. The molecule has 1 aromatic heterocycles. The maximum Gasteiger partial charge on any atom is 0.245 e. The quantitative estimate of drug-likeness (QED) is 0.798. The van der Waals surface area contributed by atoms with Crippen molar-refractivity contribution in [3.63, 3.8) is 0 Å². The van der Waals surface area contributed by atoms with Crippen molar-refractivity contribution in [3.05, 3.63) is 11.4 Å². The molecule has 0 aliphatic carbocycles. The number of nitrogens with zero attached hydrogens (tertiary/aromatic N) is 4. The van der Waals surface area contributed by atoms with Crippen molar-refractivity contribution in [2.45, 2.75) is 26.7 Å². The predicted molar refractivity (Wildman–Crippen MR) is 61.3 cm³/mol. The highest BCUT2D eigenvalue weighted by Gasteiger charge is 2.20. The number of aliphatic hydroxyl groups excluding tert-OH is 1. The molecule has 2 rings (SSSR count). The van der Waals surface area contributed by atoms with Gasteiger partial charge in [-0.05, 0) is 32.6 Å². The molecule has 1 saturated heterocycles. The van der Waals surface area contributed by atoms with Crippen LogP contribution in [0.2, 0.25) is 0 Å². The third kappa shape index (κ3) is 2.29. The van der Waals surface area contributed by atoms with E-state index in [0.29, 0.717) is 12.5 Å². The Kier molecular flexibility index (Phi) is 3.33. The molecule has 0 spiro atoms. The summed E-state index contributed by atoms with van der Waals surface area (Å²) < 4.78 is 0. The Balaban J connectivity index is 2.05. The van der Waals surface area contributed by atoms with Crippen LogP contribution in [0, 0.1) is 19.8 Å². The van der Waals surface area contributed by atoms with Crippen LogP contribution in [-0.4, -0.2) is 40.0 Å². The molecule has 1 aliphatic heterocycles. The van der Waals surface area contributed by atoms with Gasteiger partial charge in [-0.2, -0.15) is 5.10 Å². The first-order chi connectivity index (χ1) is 7.70. The summed E-state index contributed by atoms with van der Waals surface area (Å²) in [5, 5.41) is 17.3. The molecule has 5 heteroatoms. The highest BCUT2D eigenvalue weighted by molar-refractivity contribution is 5.30. The van der Waals surface area contributed by atoms with Gasteiger partial charge in [-0.1, -0.05) is 0 Å². The van der Waals surface area contributed by atoms with Gasteiger partial charge in [-0.3, -0.25) is 0 Å². The molecule has 2 heterocycles. The minimum Gasteiger partial charge on any atom is -0.396 e. The molecule has 1 aromatic rings. The van der Waals surface area contributed by atoms with Crippen LogP contribution in [-0.2, 0) is 0 Å². The smallest absolute Gasteiger partial charge is 0.245 e. The van der Waals surface area contributed by atoms with E-state index >= 15 is 0 Å². The molecule has 0 radical (unpaired) electrons. The second-order valence-electron chi connectivity index (χ2n) is 4.40. The lowest BCUT2D eigenvalue weighted by molar-refractivity contribution is 0.202. The number of aliphatic hydroxyl groups is 1. The van der Waals surface area contributed by atoms with E-state index in [-0.39, 0.29) is 0 Å². The summed E-state index contributed by atoms with van der Waals surface area (Å²) in [5.74, 6) is 1.16. The van der Waals surface area contributed by atoms with E-state index in [1.807, 2.05) is 13.8 Å². The first-order valence-electron chi connectivity index (χ1n) is 5.74. The molecular weight excluding hydrogens is 204 g/mol. The lowest BCUT2D eigenvalue weighted by Gasteiger charge is -2.30. The van der Waals surface area contributed by atoms with Crippen molar-refractivity contribution in [1.82, 2.24) is 15.2 Å². The Hall–Kier alpha value is -1.23. The topological polar surface area (TPSA) is 62.1 Å². The third-order valence-electron chi connectivity index (χ3n) is 3.24. The highest BCUT2D eigenvalue weighted by Crippen LogP contribution is 2.19. The van der Waals surface area contributed by atoms with Crippen LogP contribution in [0.15, 0.2) is 0 Å². The van der Waals surface area contributed by atoms with Gasteiger partial charge in [0.2, 0.25) is 5.95 Å². The molecule has 1 N–H and O–H groups in total. The molecule has 88 valence electrons. The number of aryl methyl sites for hydroxylation is 2. The van der Waals surface area contributed by atoms with Crippen LogP contribution in [0.5, 0.6) is 0 Å². The summed E-state index contributed by atoms with van der Waals surface area (Å²) >= 11 is 0. The van der Waals surface area contributed by atoms with E-state index < -0.39 is 0 Å². The Bertz CT molecular complexity index is 361. The lowest BCUT2D eigenvalue weighted by Crippen LogP contribution is -2.36. The molecule has 0 saturated carbocycles. The number of hydrogen-bond acceptors (Lipinski definition) is 5. The van der Waals surface area contributed by atoms with Gasteiger partial charge in [-0.25, -0.2) is 4.98 Å². The van der Waals surface area contributed by atoms with Gasteiger partial charge >= 0.3 is 0 Å². The minimum atomic E-state index is 0.292. The molecule has 0 aromatic carbocycles. The van der Waals surface area contributed by atoms with Gasteiger partial charge < -0.3 is 10.0 Å². The molecule has 5 nitrogen and oxygen atoms in total. The molecule has 16 heavy (non-hydrogen) atoms. The zero-order chi connectivity index (χ0) is 11.5. The monoisotopic (exact) mass is 222 g/mol. The van der Waals surface area contributed by atoms with Crippen molar-refractivity contribution >= 4 is 5.95 Å². The Morgan fingerprint density at radius 2 is 1.88 bits per heavy atom. The average molecular weight is 222 g/mol. The predicted octanol–water partition coefficient (Wildman–Crippen LogP) is 0.697. The van der Waals surface area contributed by atoms with E-state index in [1.165, 1.54) is 0 Å². The fourth-order valence-corrected chi connectivity index (χ4v) is 1.89. The van der Waals surface area contributed by atoms with Gasteiger partial charge in [0.25, 0.3) is 0 Å². The molecule has 0 amide bonds.